The Morgan fingerprint density at radius 1 is 1.03 bits per heavy atom. The zero-order valence-corrected chi connectivity index (χ0v) is 23.7. The number of benzene rings is 3. The summed E-state index contributed by atoms with van der Waals surface area (Å²) >= 11 is 0. The Morgan fingerprint density at radius 2 is 1.78 bits per heavy atom. The van der Waals surface area contributed by atoms with Crippen molar-refractivity contribution in [3.63, 3.8) is 0 Å². The summed E-state index contributed by atoms with van der Waals surface area (Å²) < 4.78 is 6.28. The molecule has 0 bridgehead atoms. The smallest absolute Gasteiger partial charge is 0.155 e. The molecule has 1 aliphatic rings. The van der Waals surface area contributed by atoms with Gasteiger partial charge in [0.1, 0.15) is 5.58 Å². The van der Waals surface area contributed by atoms with E-state index in [1.165, 1.54) is 56.6 Å². The number of allylic oxidation sites excluding steroid dienone is 2. The molecule has 5 heteroatoms. The molecule has 0 saturated heterocycles. The van der Waals surface area contributed by atoms with Gasteiger partial charge in [-0.1, -0.05) is 67.1 Å². The summed E-state index contributed by atoms with van der Waals surface area (Å²) in [5, 5.41) is 13.1. The fourth-order valence-corrected chi connectivity index (χ4v) is 5.27. The number of aryl methyl sites for hydroxylation is 1. The van der Waals surface area contributed by atoms with E-state index in [0.717, 1.165) is 44.1 Å². The number of fused-ring (bicyclic) bond motifs is 4. The minimum atomic E-state index is -0.125. The molecule has 4 nitrogen and oxygen atoms in total. The molecule has 1 radical (unpaired) electrons. The fourth-order valence-electron chi connectivity index (χ4n) is 5.27. The van der Waals surface area contributed by atoms with E-state index >= 15 is 0 Å². The standard InChI is InChI=1S/C27H22NO.C5H8O2.Ir/c1-17-14-23-22-8-4-5-9-25(22)29-27(23)24(15-17)26-21-11-10-19(18-6-2-3-7-18)16-20(21)12-13-28-26;1-4(6)3-5(2)7;/h4-5,8-14,16,18H,2-3,6-7H2,1H3;3,6H,1-2H3;/q-1;;/b;4-3-;. The number of nitrogens with zero attached hydrogens (tertiary/aromatic N) is 1. The summed E-state index contributed by atoms with van der Waals surface area (Å²) in [5.41, 5.74) is 6.25. The van der Waals surface area contributed by atoms with Crippen LogP contribution in [0, 0.1) is 13.0 Å². The maximum Gasteiger partial charge on any atom is 0.155 e. The molecule has 0 spiro atoms. The van der Waals surface area contributed by atoms with Gasteiger partial charge in [0.05, 0.1) is 11.3 Å². The molecule has 1 saturated carbocycles. The molecular weight excluding hydrogens is 639 g/mol. The van der Waals surface area contributed by atoms with E-state index in [4.69, 9.17) is 14.5 Å². The van der Waals surface area contributed by atoms with Crippen LogP contribution in [-0.4, -0.2) is 15.9 Å². The van der Waals surface area contributed by atoms with Crippen molar-refractivity contribution in [3.05, 3.63) is 89.8 Å². The molecular formula is C32H30IrNO3-. The number of aliphatic hydroxyl groups is 1. The molecule has 1 fully saturated rings. The normalized spacial score (nSPS) is 14.0. The maximum absolute atomic E-state index is 10.0. The minimum absolute atomic E-state index is 0. The van der Waals surface area contributed by atoms with Gasteiger partial charge in [-0.2, -0.15) is 0 Å². The van der Waals surface area contributed by atoms with Crippen LogP contribution >= 0.6 is 0 Å². The van der Waals surface area contributed by atoms with Crippen LogP contribution in [-0.2, 0) is 24.9 Å². The van der Waals surface area contributed by atoms with Crippen LogP contribution in [0.3, 0.4) is 0 Å². The van der Waals surface area contributed by atoms with E-state index in [0.29, 0.717) is 5.92 Å². The third kappa shape index (κ3) is 5.69. The van der Waals surface area contributed by atoms with Crippen molar-refractivity contribution in [1.82, 2.24) is 4.98 Å². The second-order valence-corrected chi connectivity index (χ2v) is 9.69. The van der Waals surface area contributed by atoms with E-state index in [9.17, 15) is 4.79 Å². The Labute approximate surface area is 230 Å². The van der Waals surface area contributed by atoms with Crippen LogP contribution in [0.15, 0.2) is 77.0 Å². The fraction of sp³-hybridized carbons (Fsp3) is 0.250. The van der Waals surface area contributed by atoms with Crippen LogP contribution in [0.2, 0.25) is 0 Å². The van der Waals surface area contributed by atoms with Gasteiger partial charge in [-0.3, -0.25) is 4.79 Å². The zero-order valence-electron chi connectivity index (χ0n) is 21.3. The molecule has 1 aliphatic carbocycles. The Morgan fingerprint density at radius 3 is 2.49 bits per heavy atom. The number of hydrogen-bond donors (Lipinski definition) is 1. The summed E-state index contributed by atoms with van der Waals surface area (Å²) in [5.74, 6) is 0.649. The Balaban J connectivity index is 0.000000356. The number of rotatable bonds is 3. The number of aliphatic hydroxyl groups excluding tert-OH is 1. The molecule has 37 heavy (non-hydrogen) atoms. The first-order valence-electron chi connectivity index (χ1n) is 12.5. The van der Waals surface area contributed by atoms with Crippen LogP contribution in [0.5, 0.6) is 0 Å². The van der Waals surface area contributed by atoms with Gasteiger partial charge in [-0.15, -0.1) is 17.7 Å². The number of carbonyl (C=O) groups is 1. The number of furan rings is 1. The average Bonchev–Trinajstić information content (AvgIpc) is 3.51. The second-order valence-electron chi connectivity index (χ2n) is 9.69. The molecule has 1 N–H and O–H groups in total. The summed E-state index contributed by atoms with van der Waals surface area (Å²) in [6.07, 6.45) is 8.42. The number of hydrogen-bond acceptors (Lipinski definition) is 4. The van der Waals surface area contributed by atoms with Crippen molar-refractivity contribution in [1.29, 1.82) is 0 Å². The second kappa shape index (κ2) is 11.4. The molecule has 5 aromatic rings. The summed E-state index contributed by atoms with van der Waals surface area (Å²) in [6.45, 7) is 4.94. The van der Waals surface area contributed by atoms with Gasteiger partial charge in [0.2, 0.25) is 0 Å². The van der Waals surface area contributed by atoms with Crippen LogP contribution in [0.4, 0.5) is 0 Å². The molecule has 6 rings (SSSR count). The largest absolute Gasteiger partial charge is 0.512 e. The van der Waals surface area contributed by atoms with Crippen molar-refractivity contribution in [2.75, 3.05) is 0 Å². The number of ketones is 1. The molecule has 0 unspecified atom stereocenters. The van der Waals surface area contributed by atoms with Crippen LogP contribution < -0.4 is 0 Å². The summed E-state index contributed by atoms with van der Waals surface area (Å²) in [4.78, 5) is 14.8. The van der Waals surface area contributed by atoms with E-state index in [-0.39, 0.29) is 31.6 Å². The van der Waals surface area contributed by atoms with Gasteiger partial charge >= 0.3 is 0 Å². The van der Waals surface area contributed by atoms with Crippen LogP contribution in [0.1, 0.15) is 56.6 Å². The van der Waals surface area contributed by atoms with Gasteiger partial charge in [-0.25, -0.2) is 0 Å². The third-order valence-electron chi connectivity index (χ3n) is 6.81. The Bertz CT molecular complexity index is 1610. The first kappa shape index (κ1) is 26.8. The predicted octanol–water partition coefficient (Wildman–Crippen LogP) is 8.60. The van der Waals surface area contributed by atoms with Crippen LogP contribution in [0.25, 0.3) is 44.0 Å². The molecule has 0 amide bonds. The van der Waals surface area contributed by atoms with Crippen molar-refractivity contribution in [2.24, 2.45) is 0 Å². The molecule has 0 atom stereocenters. The zero-order chi connectivity index (χ0) is 25.2. The van der Waals surface area contributed by atoms with Gasteiger partial charge in [0.15, 0.2) is 5.78 Å². The van der Waals surface area contributed by atoms with E-state index in [1.807, 2.05) is 18.3 Å². The van der Waals surface area contributed by atoms with E-state index in [2.05, 4.69) is 55.5 Å². The predicted molar refractivity (Wildman–Crippen MR) is 146 cm³/mol. The van der Waals surface area contributed by atoms with Crippen molar-refractivity contribution in [2.45, 2.75) is 52.4 Å². The number of pyridine rings is 1. The Kier molecular flexibility index (Phi) is 8.26. The van der Waals surface area contributed by atoms with Gasteiger partial charge in [-0.05, 0) is 66.8 Å². The molecule has 2 aromatic heterocycles. The van der Waals surface area contributed by atoms with Crippen molar-refractivity contribution >= 4 is 38.5 Å². The first-order valence-corrected chi connectivity index (χ1v) is 12.5. The quantitative estimate of drug-likeness (QED) is 0.119. The topological polar surface area (TPSA) is 63.3 Å². The van der Waals surface area contributed by atoms with Gasteiger partial charge in [0.25, 0.3) is 0 Å². The molecule has 191 valence electrons. The molecule has 0 aliphatic heterocycles. The summed E-state index contributed by atoms with van der Waals surface area (Å²) in [7, 11) is 0. The number of aromatic nitrogens is 1. The average molecular weight is 669 g/mol. The van der Waals surface area contributed by atoms with Crippen molar-refractivity contribution in [3.8, 4) is 11.3 Å². The summed E-state index contributed by atoms with van der Waals surface area (Å²) in [6, 6.07) is 23.0. The Hall–Kier alpha value is -3.27. The minimum Gasteiger partial charge on any atom is -0.512 e. The van der Waals surface area contributed by atoms with E-state index in [1.54, 1.807) is 0 Å². The number of carbonyl (C=O) groups excluding carboxylic acids is 1. The van der Waals surface area contributed by atoms with E-state index < -0.39 is 0 Å². The van der Waals surface area contributed by atoms with Gasteiger partial charge in [0, 0.05) is 37.8 Å². The van der Waals surface area contributed by atoms with Gasteiger partial charge < -0.3 is 14.5 Å². The SMILES string of the molecule is CC(=O)/C=C(/C)O.Cc1[c-]c(-c2nccc3cc(C4CCCC4)ccc23)c2oc3ccccc3c2c1.[Ir]. The third-order valence-corrected chi connectivity index (χ3v) is 6.81. The molecule has 2 heterocycles. The molecule has 3 aromatic carbocycles. The number of para-hydroxylation sites is 1. The monoisotopic (exact) mass is 669 g/mol. The maximum atomic E-state index is 10.0. The first-order chi connectivity index (χ1) is 17.4. The van der Waals surface area contributed by atoms with Crippen molar-refractivity contribution < 1.29 is 34.4 Å².